The molecule has 1 aromatic heterocycles. The van der Waals surface area contributed by atoms with Gasteiger partial charge in [0.25, 0.3) is 0 Å². The molecule has 1 fully saturated rings. The summed E-state index contributed by atoms with van der Waals surface area (Å²) >= 11 is 0. The molecule has 2 heterocycles. The summed E-state index contributed by atoms with van der Waals surface area (Å²) in [6, 6.07) is 14.7. The number of para-hydroxylation sites is 2. The molecule has 172 valence electrons. The Morgan fingerprint density at radius 1 is 0.848 bits per heavy atom. The van der Waals surface area contributed by atoms with Crippen LogP contribution in [-0.2, 0) is 11.3 Å². The SMILES string of the molecule is COc1ccc(N2CCN(C(=O)Cn3ccn(-c4ccccc4OC)c(=O)c3=O)CC2)cc1. The van der Waals surface area contributed by atoms with Crippen molar-refractivity contribution < 1.29 is 14.3 Å². The lowest BCUT2D eigenvalue weighted by Gasteiger charge is -2.36. The van der Waals surface area contributed by atoms with Crippen molar-refractivity contribution >= 4 is 11.6 Å². The molecule has 0 N–H and O–H groups in total. The molecular weight excluding hydrogens is 424 g/mol. The number of ether oxygens (including phenoxy) is 2. The van der Waals surface area contributed by atoms with Crippen molar-refractivity contribution in [3.8, 4) is 17.2 Å². The topological polar surface area (TPSA) is 86.0 Å². The van der Waals surface area contributed by atoms with E-state index in [-0.39, 0.29) is 12.5 Å². The summed E-state index contributed by atoms with van der Waals surface area (Å²) in [5, 5.41) is 0. The Kier molecular flexibility index (Phi) is 6.48. The van der Waals surface area contributed by atoms with E-state index in [0.29, 0.717) is 37.6 Å². The fourth-order valence-corrected chi connectivity index (χ4v) is 3.90. The summed E-state index contributed by atoms with van der Waals surface area (Å²) in [5.41, 5.74) is 0.0436. The number of aromatic nitrogens is 2. The minimum Gasteiger partial charge on any atom is -0.497 e. The predicted octanol–water partition coefficient (Wildman–Crippen LogP) is 1.37. The van der Waals surface area contributed by atoms with Crippen molar-refractivity contribution in [1.29, 1.82) is 0 Å². The monoisotopic (exact) mass is 450 g/mol. The maximum absolute atomic E-state index is 12.8. The maximum Gasteiger partial charge on any atom is 0.321 e. The quantitative estimate of drug-likeness (QED) is 0.528. The number of carbonyl (C=O) groups excluding carboxylic acids is 1. The highest BCUT2D eigenvalue weighted by Gasteiger charge is 2.22. The number of methoxy groups -OCH3 is 2. The minimum absolute atomic E-state index is 0.177. The number of amides is 1. The number of nitrogens with zero attached hydrogens (tertiary/aromatic N) is 4. The summed E-state index contributed by atoms with van der Waals surface area (Å²) < 4.78 is 12.9. The first-order chi connectivity index (χ1) is 16.0. The zero-order chi connectivity index (χ0) is 23.4. The number of hydrogen-bond donors (Lipinski definition) is 0. The number of carbonyl (C=O) groups is 1. The van der Waals surface area contributed by atoms with E-state index in [9.17, 15) is 14.4 Å². The van der Waals surface area contributed by atoms with Crippen LogP contribution >= 0.6 is 0 Å². The molecule has 0 unspecified atom stereocenters. The van der Waals surface area contributed by atoms with Crippen molar-refractivity contribution in [2.45, 2.75) is 6.54 Å². The van der Waals surface area contributed by atoms with Gasteiger partial charge in [-0.05, 0) is 36.4 Å². The summed E-state index contributed by atoms with van der Waals surface area (Å²) in [4.78, 5) is 42.1. The number of benzene rings is 2. The van der Waals surface area contributed by atoms with Crippen LogP contribution in [0.3, 0.4) is 0 Å². The average molecular weight is 450 g/mol. The van der Waals surface area contributed by atoms with Gasteiger partial charge in [0.2, 0.25) is 5.91 Å². The van der Waals surface area contributed by atoms with Crippen molar-refractivity contribution in [2.75, 3.05) is 45.3 Å². The predicted molar refractivity (Wildman–Crippen MR) is 125 cm³/mol. The number of piperazine rings is 1. The molecule has 3 aromatic rings. The van der Waals surface area contributed by atoms with Gasteiger partial charge in [0, 0.05) is 44.3 Å². The van der Waals surface area contributed by atoms with E-state index < -0.39 is 11.1 Å². The van der Waals surface area contributed by atoms with Crippen LogP contribution in [0.15, 0.2) is 70.5 Å². The normalized spacial score (nSPS) is 13.6. The zero-order valence-electron chi connectivity index (χ0n) is 18.6. The standard InChI is InChI=1S/C24H26N4O5/c1-32-19-9-7-18(8-10-19)25-11-13-26(14-12-25)22(29)17-27-15-16-28(24(31)23(27)30)20-5-3-4-6-21(20)33-2/h3-10,15-16H,11-14,17H2,1-2H3. The first-order valence-corrected chi connectivity index (χ1v) is 10.6. The summed E-state index contributed by atoms with van der Waals surface area (Å²) in [5.74, 6) is 1.08. The van der Waals surface area contributed by atoms with Crippen LogP contribution in [0.25, 0.3) is 5.69 Å². The lowest BCUT2D eigenvalue weighted by molar-refractivity contribution is -0.132. The largest absolute Gasteiger partial charge is 0.497 e. The van der Waals surface area contributed by atoms with Gasteiger partial charge < -0.3 is 19.3 Å². The Bertz CT molecular complexity index is 1240. The molecule has 2 aromatic carbocycles. The molecule has 0 aliphatic carbocycles. The molecule has 0 spiro atoms. The second kappa shape index (κ2) is 9.64. The van der Waals surface area contributed by atoms with Gasteiger partial charge in [-0.1, -0.05) is 12.1 Å². The lowest BCUT2D eigenvalue weighted by atomic mass is 10.2. The van der Waals surface area contributed by atoms with E-state index in [1.54, 1.807) is 36.3 Å². The van der Waals surface area contributed by atoms with E-state index in [2.05, 4.69) is 4.90 Å². The molecule has 0 bridgehead atoms. The molecule has 0 atom stereocenters. The van der Waals surface area contributed by atoms with E-state index in [4.69, 9.17) is 9.47 Å². The minimum atomic E-state index is -0.756. The first kappa shape index (κ1) is 22.2. The van der Waals surface area contributed by atoms with Gasteiger partial charge in [-0.3, -0.25) is 23.5 Å². The van der Waals surface area contributed by atoms with Gasteiger partial charge in [-0.15, -0.1) is 0 Å². The van der Waals surface area contributed by atoms with E-state index in [1.165, 1.54) is 24.1 Å². The van der Waals surface area contributed by atoms with Crippen LogP contribution in [-0.4, -0.2) is 60.3 Å². The van der Waals surface area contributed by atoms with Crippen LogP contribution in [0.1, 0.15) is 0 Å². The number of hydrogen-bond acceptors (Lipinski definition) is 6. The second-order valence-corrected chi connectivity index (χ2v) is 7.64. The molecule has 1 aliphatic heterocycles. The fourth-order valence-electron chi connectivity index (χ4n) is 3.90. The molecule has 1 amide bonds. The molecule has 1 saturated heterocycles. The van der Waals surface area contributed by atoms with Gasteiger partial charge in [-0.25, -0.2) is 0 Å². The van der Waals surface area contributed by atoms with Gasteiger partial charge in [0.1, 0.15) is 18.0 Å². The van der Waals surface area contributed by atoms with Crippen LogP contribution in [0.2, 0.25) is 0 Å². The third-order valence-electron chi connectivity index (χ3n) is 5.78. The third-order valence-corrected chi connectivity index (χ3v) is 5.78. The average Bonchev–Trinajstić information content (AvgIpc) is 2.87. The molecule has 9 heteroatoms. The molecule has 33 heavy (non-hydrogen) atoms. The molecule has 9 nitrogen and oxygen atoms in total. The smallest absolute Gasteiger partial charge is 0.321 e. The Balaban J connectivity index is 1.43. The molecule has 0 saturated carbocycles. The molecule has 0 radical (unpaired) electrons. The van der Waals surface area contributed by atoms with E-state index >= 15 is 0 Å². The summed E-state index contributed by atoms with van der Waals surface area (Å²) in [7, 11) is 3.13. The Hall–Kier alpha value is -4.01. The number of anilines is 1. The fraction of sp³-hybridized carbons (Fsp3) is 0.292. The van der Waals surface area contributed by atoms with Crippen molar-refractivity contribution in [2.24, 2.45) is 0 Å². The van der Waals surface area contributed by atoms with Gasteiger partial charge >= 0.3 is 11.1 Å². The lowest BCUT2D eigenvalue weighted by Crippen LogP contribution is -2.50. The van der Waals surface area contributed by atoms with Crippen LogP contribution in [0, 0.1) is 0 Å². The summed E-state index contributed by atoms with van der Waals surface area (Å²) in [6.45, 7) is 2.27. The Morgan fingerprint density at radius 2 is 1.55 bits per heavy atom. The van der Waals surface area contributed by atoms with Crippen molar-refractivity contribution in [3.05, 3.63) is 81.6 Å². The van der Waals surface area contributed by atoms with Crippen LogP contribution in [0.5, 0.6) is 11.5 Å². The maximum atomic E-state index is 12.8. The van der Waals surface area contributed by atoms with Gasteiger partial charge in [-0.2, -0.15) is 0 Å². The summed E-state index contributed by atoms with van der Waals surface area (Å²) in [6.07, 6.45) is 2.94. The van der Waals surface area contributed by atoms with Gasteiger partial charge in [0.15, 0.2) is 0 Å². The van der Waals surface area contributed by atoms with E-state index in [0.717, 1.165) is 16.0 Å². The third kappa shape index (κ3) is 4.62. The first-order valence-electron chi connectivity index (χ1n) is 10.6. The molecular formula is C24H26N4O5. The second-order valence-electron chi connectivity index (χ2n) is 7.64. The molecule has 4 rings (SSSR count). The highest BCUT2D eigenvalue weighted by molar-refractivity contribution is 5.76. The molecule has 1 aliphatic rings. The van der Waals surface area contributed by atoms with Crippen LogP contribution < -0.4 is 25.5 Å². The Labute approximate surface area is 191 Å². The van der Waals surface area contributed by atoms with Crippen LogP contribution in [0.4, 0.5) is 5.69 Å². The Morgan fingerprint density at radius 3 is 2.21 bits per heavy atom. The zero-order valence-corrected chi connectivity index (χ0v) is 18.6. The highest BCUT2D eigenvalue weighted by atomic mass is 16.5. The number of rotatable bonds is 6. The van der Waals surface area contributed by atoms with Crippen molar-refractivity contribution in [3.63, 3.8) is 0 Å². The van der Waals surface area contributed by atoms with E-state index in [1.807, 2.05) is 24.3 Å². The van der Waals surface area contributed by atoms with Gasteiger partial charge in [0.05, 0.1) is 19.9 Å². The highest BCUT2D eigenvalue weighted by Crippen LogP contribution is 2.21. The van der Waals surface area contributed by atoms with Crippen molar-refractivity contribution in [1.82, 2.24) is 14.0 Å².